The van der Waals surface area contributed by atoms with Gasteiger partial charge in [0.05, 0.1) is 13.1 Å². The highest BCUT2D eigenvalue weighted by molar-refractivity contribution is 5.85. The molecule has 1 N–H and O–H groups in total. The summed E-state index contributed by atoms with van der Waals surface area (Å²) in [6.45, 7) is 10.4. The van der Waals surface area contributed by atoms with E-state index >= 15 is 0 Å². The average molecular weight is 337 g/mol. The minimum absolute atomic E-state index is 0. The third kappa shape index (κ3) is 6.78. The molecule has 1 aromatic carbocycles. The Hall–Kier alpha value is -1.29. The fourth-order valence-electron chi connectivity index (χ4n) is 2.58. The number of nitrogens with zero attached hydrogens (tertiary/aromatic N) is 1. The molecular weight excluding hydrogens is 308 g/mol. The Morgan fingerprint density at radius 2 is 1.65 bits per heavy atom. The smallest absolute Gasteiger partial charge is 0.118 e. The summed E-state index contributed by atoms with van der Waals surface area (Å²) in [7, 11) is 0. The summed E-state index contributed by atoms with van der Waals surface area (Å²) in [6, 6.07) is 15.2. The first-order chi connectivity index (χ1) is 10.7. The highest BCUT2D eigenvalue weighted by atomic mass is 35.5. The van der Waals surface area contributed by atoms with Gasteiger partial charge in [-0.25, -0.2) is 0 Å². The summed E-state index contributed by atoms with van der Waals surface area (Å²) < 4.78 is 5.91. The molecule has 0 saturated carbocycles. The second-order valence-electron chi connectivity index (χ2n) is 5.80. The Morgan fingerprint density at radius 1 is 1.00 bits per heavy atom. The van der Waals surface area contributed by atoms with Crippen LogP contribution >= 0.6 is 12.4 Å². The van der Waals surface area contributed by atoms with Gasteiger partial charge >= 0.3 is 0 Å². The fraction of sp³-hybridized carbons (Fsp3) is 0.474. The van der Waals surface area contributed by atoms with Gasteiger partial charge in [-0.1, -0.05) is 44.2 Å². The first kappa shape index (κ1) is 19.8. The van der Waals surface area contributed by atoms with Gasteiger partial charge in [-0.15, -0.1) is 12.4 Å². The van der Waals surface area contributed by atoms with Gasteiger partial charge in [-0.2, -0.15) is 0 Å². The number of hydrogen-bond acceptors (Lipinski definition) is 3. The van der Waals surface area contributed by atoms with Gasteiger partial charge in [0.1, 0.15) is 11.5 Å². The molecule has 3 nitrogen and oxygen atoms in total. The van der Waals surface area contributed by atoms with E-state index in [-0.39, 0.29) is 12.4 Å². The molecule has 0 saturated heterocycles. The highest BCUT2D eigenvalue weighted by Gasteiger charge is 2.08. The van der Waals surface area contributed by atoms with Crippen LogP contribution in [0.15, 0.2) is 46.9 Å². The Morgan fingerprint density at radius 3 is 2.30 bits per heavy atom. The summed E-state index contributed by atoms with van der Waals surface area (Å²) in [6.07, 6.45) is 1.04. The van der Waals surface area contributed by atoms with Crippen molar-refractivity contribution < 1.29 is 4.42 Å². The van der Waals surface area contributed by atoms with Crippen LogP contribution in [-0.2, 0) is 19.5 Å². The normalized spacial score (nSPS) is 12.2. The zero-order chi connectivity index (χ0) is 15.8. The second-order valence-corrected chi connectivity index (χ2v) is 5.80. The molecule has 2 rings (SSSR count). The minimum atomic E-state index is 0. The van der Waals surface area contributed by atoms with Gasteiger partial charge < -0.3 is 9.73 Å². The Bertz CT molecular complexity index is 537. The van der Waals surface area contributed by atoms with Crippen molar-refractivity contribution in [1.29, 1.82) is 0 Å². The molecule has 1 atom stereocenters. The van der Waals surface area contributed by atoms with Crippen LogP contribution in [-0.4, -0.2) is 24.0 Å². The van der Waals surface area contributed by atoms with Crippen LogP contribution in [0, 0.1) is 0 Å². The van der Waals surface area contributed by atoms with Gasteiger partial charge in [-0.3, -0.25) is 4.90 Å². The maximum atomic E-state index is 5.91. The highest BCUT2D eigenvalue weighted by Crippen LogP contribution is 2.11. The van der Waals surface area contributed by atoms with E-state index < -0.39 is 0 Å². The number of benzene rings is 1. The van der Waals surface area contributed by atoms with Gasteiger partial charge in [-0.05, 0) is 44.1 Å². The van der Waals surface area contributed by atoms with Crippen LogP contribution in [0.3, 0.4) is 0 Å². The minimum Gasteiger partial charge on any atom is -0.463 e. The maximum absolute atomic E-state index is 5.91. The van der Waals surface area contributed by atoms with E-state index in [0.29, 0.717) is 6.04 Å². The summed E-state index contributed by atoms with van der Waals surface area (Å²) in [4.78, 5) is 2.36. The summed E-state index contributed by atoms with van der Waals surface area (Å²) in [5.74, 6) is 2.07. The third-order valence-electron chi connectivity index (χ3n) is 4.00. The van der Waals surface area contributed by atoms with Crippen LogP contribution in [0.1, 0.15) is 37.9 Å². The van der Waals surface area contributed by atoms with Crippen molar-refractivity contribution in [1.82, 2.24) is 10.2 Å². The lowest BCUT2D eigenvalue weighted by Crippen LogP contribution is -2.27. The van der Waals surface area contributed by atoms with Crippen molar-refractivity contribution in [3.8, 4) is 0 Å². The lowest BCUT2D eigenvalue weighted by atomic mass is 10.1. The first-order valence-electron chi connectivity index (χ1n) is 8.28. The topological polar surface area (TPSA) is 28.4 Å². The first-order valence-corrected chi connectivity index (χ1v) is 8.28. The van der Waals surface area contributed by atoms with Gasteiger partial charge in [0.2, 0.25) is 0 Å². The fourth-order valence-corrected chi connectivity index (χ4v) is 2.58. The number of nitrogens with one attached hydrogen (secondary N) is 1. The molecule has 1 unspecified atom stereocenters. The number of hydrogen-bond donors (Lipinski definition) is 1. The molecule has 0 radical (unpaired) electrons. The second kappa shape index (κ2) is 10.5. The van der Waals surface area contributed by atoms with Crippen molar-refractivity contribution in [3.63, 3.8) is 0 Å². The molecule has 4 heteroatoms. The molecule has 23 heavy (non-hydrogen) atoms. The Balaban J connectivity index is 0.00000264. The predicted octanol–water partition coefficient (Wildman–Crippen LogP) is 4.26. The molecule has 0 aliphatic heterocycles. The standard InChI is InChI=1S/C19H28N2O.ClH/c1-4-21(5-2)15-19-12-11-18(22-19)14-20-16(3)13-17-9-7-6-8-10-17;/h6-12,16,20H,4-5,13-15H2,1-3H3;1H. The van der Waals surface area contributed by atoms with Crippen LogP contribution in [0.2, 0.25) is 0 Å². The number of furan rings is 1. The molecule has 1 heterocycles. The molecule has 0 aliphatic carbocycles. The molecule has 0 aliphatic rings. The van der Waals surface area contributed by atoms with Crippen molar-refractivity contribution >= 4 is 12.4 Å². The van der Waals surface area contributed by atoms with Crippen molar-refractivity contribution in [3.05, 3.63) is 59.5 Å². The van der Waals surface area contributed by atoms with E-state index in [2.05, 4.69) is 73.5 Å². The molecular formula is C19H29ClN2O. The van der Waals surface area contributed by atoms with E-state index in [1.54, 1.807) is 0 Å². The molecule has 0 fully saturated rings. The van der Waals surface area contributed by atoms with Gasteiger partial charge in [0.25, 0.3) is 0 Å². The van der Waals surface area contributed by atoms with Crippen molar-refractivity contribution in [2.24, 2.45) is 0 Å². The summed E-state index contributed by atoms with van der Waals surface area (Å²) in [5, 5.41) is 3.53. The quantitative estimate of drug-likeness (QED) is 0.741. The lowest BCUT2D eigenvalue weighted by molar-refractivity contribution is 0.264. The molecule has 0 spiro atoms. The molecule has 0 bridgehead atoms. The van der Waals surface area contributed by atoms with Crippen molar-refractivity contribution in [2.75, 3.05) is 13.1 Å². The average Bonchev–Trinajstić information content (AvgIpc) is 2.99. The predicted molar refractivity (Wildman–Crippen MR) is 99.0 cm³/mol. The van der Waals surface area contributed by atoms with E-state index in [1.165, 1.54) is 5.56 Å². The molecule has 0 amide bonds. The molecule has 2 aromatic rings. The van der Waals surface area contributed by atoms with Crippen LogP contribution in [0.4, 0.5) is 0 Å². The monoisotopic (exact) mass is 336 g/mol. The van der Waals surface area contributed by atoms with E-state index in [4.69, 9.17) is 4.42 Å². The SMILES string of the molecule is CCN(CC)Cc1ccc(CNC(C)Cc2ccccc2)o1.Cl. The molecule has 1 aromatic heterocycles. The Labute approximate surface area is 146 Å². The van der Waals surface area contributed by atoms with E-state index in [0.717, 1.165) is 44.1 Å². The third-order valence-corrected chi connectivity index (χ3v) is 4.00. The Kier molecular flexibility index (Phi) is 9.00. The number of halogens is 1. The van der Waals surface area contributed by atoms with Gasteiger partial charge in [0, 0.05) is 6.04 Å². The summed E-state index contributed by atoms with van der Waals surface area (Å²) in [5.41, 5.74) is 1.36. The van der Waals surface area contributed by atoms with Gasteiger partial charge in [0.15, 0.2) is 0 Å². The zero-order valence-electron chi connectivity index (χ0n) is 14.4. The van der Waals surface area contributed by atoms with Crippen molar-refractivity contribution in [2.45, 2.75) is 46.3 Å². The van der Waals surface area contributed by atoms with Crippen LogP contribution < -0.4 is 5.32 Å². The summed E-state index contributed by atoms with van der Waals surface area (Å²) >= 11 is 0. The van der Waals surface area contributed by atoms with E-state index in [1.807, 2.05) is 0 Å². The van der Waals surface area contributed by atoms with Crippen LogP contribution in [0.25, 0.3) is 0 Å². The lowest BCUT2D eigenvalue weighted by Gasteiger charge is -2.16. The number of rotatable bonds is 9. The van der Waals surface area contributed by atoms with Crippen LogP contribution in [0.5, 0.6) is 0 Å². The largest absolute Gasteiger partial charge is 0.463 e. The zero-order valence-corrected chi connectivity index (χ0v) is 15.2. The maximum Gasteiger partial charge on any atom is 0.118 e. The molecule has 128 valence electrons. The van der Waals surface area contributed by atoms with E-state index in [9.17, 15) is 0 Å².